The Balaban J connectivity index is 2.65. The number of hydrogen-bond acceptors (Lipinski definition) is 3. The van der Waals surface area contributed by atoms with Gasteiger partial charge in [-0.15, -0.1) is 0 Å². The fourth-order valence-electron chi connectivity index (χ4n) is 2.48. The molecule has 0 saturated heterocycles. The minimum Gasteiger partial charge on any atom is -0.328 e. The minimum absolute atomic E-state index is 0.255. The summed E-state index contributed by atoms with van der Waals surface area (Å²) in [6.45, 7) is 7.13. The monoisotopic (exact) mass is 274 g/mol. The highest BCUT2D eigenvalue weighted by Gasteiger charge is 2.20. The van der Waals surface area contributed by atoms with Crippen LogP contribution in [0, 0.1) is 0 Å². The van der Waals surface area contributed by atoms with Crippen LogP contribution < -0.4 is 5.73 Å². The smallest absolute Gasteiger partial charge is 0.127 e. The number of aryl methyl sites for hydroxylation is 1. The maximum atomic E-state index is 5.89. The van der Waals surface area contributed by atoms with Crippen molar-refractivity contribution in [2.24, 2.45) is 5.73 Å². The summed E-state index contributed by atoms with van der Waals surface area (Å²) in [4.78, 5) is 7.06. The number of fused-ring (bicyclic) bond motifs is 1. The van der Waals surface area contributed by atoms with Crippen molar-refractivity contribution in [2.45, 2.75) is 39.3 Å². The van der Waals surface area contributed by atoms with Crippen LogP contribution in [-0.4, -0.2) is 35.1 Å². The molecule has 0 aliphatic heterocycles. The van der Waals surface area contributed by atoms with Gasteiger partial charge in [0.2, 0.25) is 0 Å². The molecule has 0 aliphatic carbocycles. The summed E-state index contributed by atoms with van der Waals surface area (Å²) in [5.41, 5.74) is 9.48. The lowest BCUT2D eigenvalue weighted by molar-refractivity contribution is 0.297. The zero-order chi connectivity index (χ0) is 14.9. The fourth-order valence-corrected chi connectivity index (χ4v) is 2.48. The molecule has 2 atom stereocenters. The summed E-state index contributed by atoms with van der Waals surface area (Å²) in [6.07, 6.45) is 1.04. The van der Waals surface area contributed by atoms with Crippen LogP contribution in [-0.2, 0) is 6.42 Å². The van der Waals surface area contributed by atoms with Crippen molar-refractivity contribution in [1.29, 1.82) is 0 Å². The van der Waals surface area contributed by atoms with Crippen molar-refractivity contribution in [3.63, 3.8) is 0 Å². The number of nitrogens with zero attached hydrogens (tertiary/aromatic N) is 3. The van der Waals surface area contributed by atoms with Gasteiger partial charge in [0.05, 0.1) is 17.1 Å². The van der Waals surface area contributed by atoms with Crippen LogP contribution in [0.25, 0.3) is 11.0 Å². The molecule has 0 fully saturated rings. The van der Waals surface area contributed by atoms with Crippen LogP contribution in [0.4, 0.5) is 0 Å². The third-order valence-electron chi connectivity index (χ3n) is 4.12. The first-order chi connectivity index (χ1) is 9.49. The van der Waals surface area contributed by atoms with Gasteiger partial charge < -0.3 is 10.3 Å². The van der Waals surface area contributed by atoms with Gasteiger partial charge in [-0.1, -0.05) is 13.0 Å². The molecular formula is C16H26N4. The predicted octanol–water partition coefficient (Wildman–Crippen LogP) is 2.74. The van der Waals surface area contributed by atoms with Gasteiger partial charge in [-0.3, -0.25) is 4.90 Å². The molecule has 1 heterocycles. The SMILES string of the molecule is CCc1ccc2c(c1)nc(C(C)N(C)C)n2C(C)CN. The topological polar surface area (TPSA) is 47.1 Å². The molecule has 4 nitrogen and oxygen atoms in total. The second-order valence-corrected chi connectivity index (χ2v) is 5.74. The summed E-state index contributed by atoms with van der Waals surface area (Å²) in [5.74, 6) is 1.09. The van der Waals surface area contributed by atoms with Crippen molar-refractivity contribution >= 4 is 11.0 Å². The lowest BCUT2D eigenvalue weighted by Crippen LogP contribution is -2.24. The summed E-state index contributed by atoms with van der Waals surface area (Å²) >= 11 is 0. The van der Waals surface area contributed by atoms with Crippen molar-refractivity contribution in [2.75, 3.05) is 20.6 Å². The molecule has 0 spiro atoms. The number of aromatic nitrogens is 2. The Morgan fingerprint density at radius 2 is 2.00 bits per heavy atom. The molecule has 2 N–H and O–H groups in total. The van der Waals surface area contributed by atoms with E-state index in [1.54, 1.807) is 0 Å². The number of imidazole rings is 1. The zero-order valence-electron chi connectivity index (χ0n) is 13.2. The average Bonchev–Trinajstić information content (AvgIpc) is 2.83. The Bertz CT molecular complexity index is 585. The van der Waals surface area contributed by atoms with Crippen molar-refractivity contribution < 1.29 is 0 Å². The molecule has 20 heavy (non-hydrogen) atoms. The van der Waals surface area contributed by atoms with E-state index in [2.05, 4.69) is 62.5 Å². The zero-order valence-corrected chi connectivity index (χ0v) is 13.2. The molecule has 0 aliphatic rings. The van der Waals surface area contributed by atoms with Gasteiger partial charge >= 0.3 is 0 Å². The predicted molar refractivity (Wildman–Crippen MR) is 85.0 cm³/mol. The Kier molecular flexibility index (Phi) is 4.45. The van der Waals surface area contributed by atoms with Crippen molar-refractivity contribution in [3.8, 4) is 0 Å². The van der Waals surface area contributed by atoms with E-state index >= 15 is 0 Å². The fraction of sp³-hybridized carbons (Fsp3) is 0.562. The molecule has 1 aromatic heterocycles. The number of benzene rings is 1. The van der Waals surface area contributed by atoms with Gasteiger partial charge in [0.1, 0.15) is 5.82 Å². The molecule has 4 heteroatoms. The second kappa shape index (κ2) is 5.94. The molecule has 0 amide bonds. The summed E-state index contributed by atoms with van der Waals surface area (Å²) in [7, 11) is 4.16. The van der Waals surface area contributed by atoms with Gasteiger partial charge in [0.25, 0.3) is 0 Å². The Morgan fingerprint density at radius 3 is 2.55 bits per heavy atom. The van der Waals surface area contributed by atoms with Crippen LogP contribution in [0.2, 0.25) is 0 Å². The molecule has 2 unspecified atom stereocenters. The van der Waals surface area contributed by atoms with Gasteiger partial charge in [-0.2, -0.15) is 0 Å². The first-order valence-corrected chi connectivity index (χ1v) is 7.36. The standard InChI is InChI=1S/C16H26N4/c1-6-13-7-8-15-14(9-13)18-16(12(3)19(4)5)20(15)11(2)10-17/h7-9,11-12H,6,10,17H2,1-5H3. The third kappa shape index (κ3) is 2.58. The van der Waals surface area contributed by atoms with E-state index in [-0.39, 0.29) is 12.1 Å². The van der Waals surface area contributed by atoms with Crippen LogP contribution in [0.15, 0.2) is 18.2 Å². The maximum absolute atomic E-state index is 5.89. The lowest BCUT2D eigenvalue weighted by atomic mass is 10.1. The van der Waals surface area contributed by atoms with E-state index in [0.29, 0.717) is 6.54 Å². The maximum Gasteiger partial charge on any atom is 0.127 e. The quantitative estimate of drug-likeness (QED) is 0.912. The van der Waals surface area contributed by atoms with Crippen LogP contribution in [0.1, 0.15) is 44.2 Å². The van der Waals surface area contributed by atoms with Crippen molar-refractivity contribution in [3.05, 3.63) is 29.6 Å². The molecule has 1 aromatic carbocycles. The minimum atomic E-state index is 0.255. The Hall–Kier alpha value is -1.39. The number of hydrogen-bond donors (Lipinski definition) is 1. The lowest BCUT2D eigenvalue weighted by Gasteiger charge is -2.23. The number of nitrogens with two attached hydrogens (primary N) is 1. The Labute approximate surface area is 121 Å². The van der Waals surface area contributed by atoms with E-state index in [4.69, 9.17) is 10.7 Å². The molecule has 2 rings (SSSR count). The molecular weight excluding hydrogens is 248 g/mol. The molecule has 0 bridgehead atoms. The highest BCUT2D eigenvalue weighted by molar-refractivity contribution is 5.77. The number of rotatable bonds is 5. The summed E-state index contributed by atoms with van der Waals surface area (Å²) < 4.78 is 2.29. The van der Waals surface area contributed by atoms with Gasteiger partial charge in [0.15, 0.2) is 0 Å². The average molecular weight is 274 g/mol. The van der Waals surface area contributed by atoms with Gasteiger partial charge in [-0.05, 0) is 52.1 Å². The second-order valence-electron chi connectivity index (χ2n) is 5.74. The van der Waals surface area contributed by atoms with Crippen LogP contribution in [0.5, 0.6) is 0 Å². The van der Waals surface area contributed by atoms with E-state index in [0.717, 1.165) is 17.8 Å². The van der Waals surface area contributed by atoms with E-state index in [1.165, 1.54) is 11.1 Å². The highest BCUT2D eigenvalue weighted by atomic mass is 15.2. The van der Waals surface area contributed by atoms with Gasteiger partial charge in [-0.25, -0.2) is 4.98 Å². The molecule has 0 saturated carbocycles. The molecule has 0 radical (unpaired) electrons. The largest absolute Gasteiger partial charge is 0.328 e. The van der Waals surface area contributed by atoms with Gasteiger partial charge in [0, 0.05) is 12.6 Å². The molecule has 110 valence electrons. The normalized spacial score (nSPS) is 14.9. The van der Waals surface area contributed by atoms with Crippen LogP contribution >= 0.6 is 0 Å². The van der Waals surface area contributed by atoms with E-state index < -0.39 is 0 Å². The van der Waals surface area contributed by atoms with Crippen LogP contribution in [0.3, 0.4) is 0 Å². The third-order valence-corrected chi connectivity index (χ3v) is 4.12. The molecule has 2 aromatic rings. The highest BCUT2D eigenvalue weighted by Crippen LogP contribution is 2.27. The summed E-state index contributed by atoms with van der Waals surface area (Å²) in [6, 6.07) is 7.08. The Morgan fingerprint density at radius 1 is 1.30 bits per heavy atom. The van der Waals surface area contributed by atoms with Crippen molar-refractivity contribution in [1.82, 2.24) is 14.5 Å². The first-order valence-electron chi connectivity index (χ1n) is 7.36. The van der Waals surface area contributed by atoms with E-state index in [1.807, 2.05) is 0 Å². The first kappa shape index (κ1) is 15.0. The summed E-state index contributed by atoms with van der Waals surface area (Å²) in [5, 5.41) is 0. The van der Waals surface area contributed by atoms with E-state index in [9.17, 15) is 0 Å².